The molecule has 0 radical (unpaired) electrons. The minimum Gasteiger partial charge on any atom is -0.497 e. The Balaban J connectivity index is 1.52. The van der Waals surface area contributed by atoms with E-state index < -0.39 is 11.6 Å². The Bertz CT molecular complexity index is 1020. The van der Waals surface area contributed by atoms with Gasteiger partial charge in [0.05, 0.1) is 28.0 Å². The number of carbonyl (C=O) groups is 2. The van der Waals surface area contributed by atoms with Crippen molar-refractivity contribution in [1.82, 2.24) is 15.1 Å². The number of hydrogen-bond donors (Lipinski definition) is 1. The van der Waals surface area contributed by atoms with Gasteiger partial charge in [0.25, 0.3) is 5.91 Å². The van der Waals surface area contributed by atoms with Crippen molar-refractivity contribution in [2.24, 2.45) is 0 Å². The molecule has 0 spiro atoms. The zero-order valence-corrected chi connectivity index (χ0v) is 18.2. The number of hydrogen-bond acceptors (Lipinski definition) is 6. The molecule has 31 heavy (non-hydrogen) atoms. The Morgan fingerprint density at radius 1 is 1.00 bits per heavy atom. The number of nitrogens with one attached hydrogen (secondary N) is 1. The topological polar surface area (TPSA) is 80.3 Å². The summed E-state index contributed by atoms with van der Waals surface area (Å²) in [6, 6.07) is 10.8. The number of rotatable bonds is 6. The van der Waals surface area contributed by atoms with Gasteiger partial charge >= 0.3 is 6.03 Å². The summed E-state index contributed by atoms with van der Waals surface area (Å²) in [5, 5.41) is 2.86. The highest BCUT2D eigenvalue weighted by Crippen LogP contribution is 2.34. The predicted octanol–water partition coefficient (Wildman–Crippen LogP) is 2.50. The van der Waals surface area contributed by atoms with Crippen LogP contribution in [0.25, 0.3) is 0 Å². The molecule has 164 valence electrons. The number of nitrogens with zero attached hydrogens (tertiary/aromatic N) is 2. The maximum Gasteiger partial charge on any atom is 0.326 e. The van der Waals surface area contributed by atoms with E-state index in [1.165, 1.54) is 10.5 Å². The fraction of sp³-hybridized carbons (Fsp3) is 0.391. The average molecular weight is 425 g/mol. The molecule has 4 rings (SSSR count). The van der Waals surface area contributed by atoms with Crippen molar-refractivity contribution >= 4 is 11.9 Å². The number of imide groups is 1. The summed E-state index contributed by atoms with van der Waals surface area (Å²) in [7, 11) is 4.80. The first-order valence-electron chi connectivity index (χ1n) is 10.1. The predicted molar refractivity (Wildman–Crippen MR) is 114 cm³/mol. The largest absolute Gasteiger partial charge is 0.497 e. The molecule has 8 nitrogen and oxygen atoms in total. The van der Waals surface area contributed by atoms with Crippen LogP contribution in [0.5, 0.6) is 17.2 Å². The van der Waals surface area contributed by atoms with Gasteiger partial charge in [-0.1, -0.05) is 12.1 Å². The Labute approximate surface area is 181 Å². The lowest BCUT2D eigenvalue weighted by Crippen LogP contribution is -2.45. The lowest BCUT2D eigenvalue weighted by atomic mass is 9.92. The highest BCUT2D eigenvalue weighted by molar-refractivity contribution is 6.07. The van der Waals surface area contributed by atoms with Crippen LogP contribution in [-0.2, 0) is 23.3 Å². The Hall–Kier alpha value is -3.26. The monoisotopic (exact) mass is 425 g/mol. The molecule has 1 N–H and O–H groups in total. The van der Waals surface area contributed by atoms with E-state index >= 15 is 0 Å². The van der Waals surface area contributed by atoms with Gasteiger partial charge in [0.2, 0.25) is 0 Å². The zero-order chi connectivity index (χ0) is 22.2. The Morgan fingerprint density at radius 2 is 1.71 bits per heavy atom. The van der Waals surface area contributed by atoms with E-state index in [1.807, 2.05) is 24.3 Å². The van der Waals surface area contributed by atoms with Crippen LogP contribution in [-0.4, -0.2) is 56.3 Å². The third kappa shape index (κ3) is 3.67. The molecule has 2 heterocycles. The minimum atomic E-state index is -1.13. The highest BCUT2D eigenvalue weighted by Gasteiger charge is 2.49. The third-order valence-electron chi connectivity index (χ3n) is 6.06. The Morgan fingerprint density at radius 3 is 2.39 bits per heavy atom. The van der Waals surface area contributed by atoms with Gasteiger partial charge in [0.1, 0.15) is 11.3 Å². The van der Waals surface area contributed by atoms with Gasteiger partial charge < -0.3 is 19.5 Å². The fourth-order valence-electron chi connectivity index (χ4n) is 4.22. The molecule has 3 amide bonds. The number of urea groups is 1. The second-order valence-corrected chi connectivity index (χ2v) is 7.94. The second-order valence-electron chi connectivity index (χ2n) is 7.94. The second kappa shape index (κ2) is 8.11. The molecule has 2 aliphatic heterocycles. The first-order valence-corrected chi connectivity index (χ1v) is 10.1. The van der Waals surface area contributed by atoms with Crippen molar-refractivity contribution in [1.29, 1.82) is 0 Å². The van der Waals surface area contributed by atoms with Crippen molar-refractivity contribution in [3.63, 3.8) is 0 Å². The van der Waals surface area contributed by atoms with Crippen molar-refractivity contribution in [2.75, 3.05) is 34.5 Å². The number of fused-ring (bicyclic) bond motifs is 1. The molecular formula is C23H27N3O5. The quantitative estimate of drug-likeness (QED) is 0.717. The summed E-state index contributed by atoms with van der Waals surface area (Å²) in [5.74, 6) is 1.74. The molecule has 1 saturated heterocycles. The first-order chi connectivity index (χ1) is 14.9. The number of ether oxygens (including phenoxy) is 3. The van der Waals surface area contributed by atoms with Crippen molar-refractivity contribution in [3.8, 4) is 17.2 Å². The molecule has 0 unspecified atom stereocenters. The SMILES string of the molecule is COc1cccc([C@@]2(C)NC(=O)N(CN3CCc4cc(OC)c(OC)cc4C3)C2=O)c1. The average Bonchev–Trinajstić information content (AvgIpc) is 3.01. The van der Waals surface area contributed by atoms with Crippen LogP contribution in [0.15, 0.2) is 36.4 Å². The molecule has 1 fully saturated rings. The summed E-state index contributed by atoms with van der Waals surface area (Å²) >= 11 is 0. The molecule has 0 aromatic heterocycles. The normalized spacial score (nSPS) is 21.0. The summed E-state index contributed by atoms with van der Waals surface area (Å²) in [6.07, 6.45) is 0.798. The van der Waals surface area contributed by atoms with E-state index in [2.05, 4.69) is 10.2 Å². The first kappa shape index (κ1) is 21.0. The van der Waals surface area contributed by atoms with Crippen LogP contribution in [0.4, 0.5) is 4.79 Å². The van der Waals surface area contributed by atoms with Crippen LogP contribution in [0.3, 0.4) is 0 Å². The maximum atomic E-state index is 13.3. The van der Waals surface area contributed by atoms with E-state index in [0.717, 1.165) is 18.5 Å². The van der Waals surface area contributed by atoms with E-state index in [4.69, 9.17) is 14.2 Å². The van der Waals surface area contributed by atoms with Crippen LogP contribution >= 0.6 is 0 Å². The molecular weight excluding hydrogens is 398 g/mol. The molecule has 0 bridgehead atoms. The zero-order valence-electron chi connectivity index (χ0n) is 18.2. The van der Waals surface area contributed by atoms with E-state index in [0.29, 0.717) is 29.4 Å². The van der Waals surface area contributed by atoms with Crippen LogP contribution in [0.1, 0.15) is 23.6 Å². The molecule has 8 heteroatoms. The van der Waals surface area contributed by atoms with Crippen molar-refractivity contribution in [2.45, 2.75) is 25.4 Å². The van der Waals surface area contributed by atoms with Crippen LogP contribution < -0.4 is 19.5 Å². The molecule has 2 aromatic carbocycles. The van der Waals surface area contributed by atoms with Gasteiger partial charge in [0.15, 0.2) is 11.5 Å². The van der Waals surface area contributed by atoms with E-state index in [-0.39, 0.29) is 12.6 Å². The summed E-state index contributed by atoms with van der Waals surface area (Å²) in [4.78, 5) is 29.4. The lowest BCUT2D eigenvalue weighted by molar-refractivity contribution is -0.132. The lowest BCUT2D eigenvalue weighted by Gasteiger charge is -2.32. The fourth-order valence-corrected chi connectivity index (χ4v) is 4.22. The van der Waals surface area contributed by atoms with E-state index in [9.17, 15) is 9.59 Å². The van der Waals surface area contributed by atoms with E-state index in [1.54, 1.807) is 40.4 Å². The van der Waals surface area contributed by atoms with Crippen molar-refractivity contribution < 1.29 is 23.8 Å². The third-order valence-corrected chi connectivity index (χ3v) is 6.06. The van der Waals surface area contributed by atoms with Crippen LogP contribution in [0, 0.1) is 0 Å². The standard InChI is InChI=1S/C23H27N3O5/c1-23(17-6-5-7-18(12-17)29-2)21(27)26(22(28)24-23)14-25-9-8-15-10-19(30-3)20(31-4)11-16(15)13-25/h5-7,10-12H,8-9,13-14H2,1-4H3,(H,24,28)/t23-/m1/s1. The number of amides is 3. The van der Waals surface area contributed by atoms with Gasteiger partial charge in [-0.15, -0.1) is 0 Å². The highest BCUT2D eigenvalue weighted by atomic mass is 16.5. The number of benzene rings is 2. The maximum absolute atomic E-state index is 13.3. The molecule has 2 aromatic rings. The van der Waals surface area contributed by atoms with Gasteiger partial charge in [-0.25, -0.2) is 9.69 Å². The molecule has 1 atom stereocenters. The molecule has 0 aliphatic carbocycles. The summed E-state index contributed by atoms with van der Waals surface area (Å²) < 4.78 is 16.1. The van der Waals surface area contributed by atoms with Crippen LogP contribution in [0.2, 0.25) is 0 Å². The van der Waals surface area contributed by atoms with Gasteiger partial charge in [0, 0.05) is 13.1 Å². The summed E-state index contributed by atoms with van der Waals surface area (Å²) in [5.41, 5.74) is 1.85. The van der Waals surface area contributed by atoms with Gasteiger partial charge in [-0.2, -0.15) is 0 Å². The molecule has 2 aliphatic rings. The number of methoxy groups -OCH3 is 3. The van der Waals surface area contributed by atoms with Crippen molar-refractivity contribution in [3.05, 3.63) is 53.1 Å². The smallest absolute Gasteiger partial charge is 0.326 e. The van der Waals surface area contributed by atoms with Gasteiger partial charge in [-0.05, 0) is 54.3 Å². The molecule has 0 saturated carbocycles. The number of carbonyl (C=O) groups excluding carboxylic acids is 2. The van der Waals surface area contributed by atoms with Gasteiger partial charge in [-0.3, -0.25) is 9.69 Å². The summed E-state index contributed by atoms with van der Waals surface area (Å²) in [6.45, 7) is 3.29. The Kier molecular flexibility index (Phi) is 5.49. The minimum absolute atomic E-state index is 0.220.